The maximum atomic E-state index is 12.6. The van der Waals surface area contributed by atoms with Crippen molar-refractivity contribution in [2.75, 3.05) is 12.4 Å². The van der Waals surface area contributed by atoms with Crippen LogP contribution in [0.3, 0.4) is 0 Å². The molecule has 0 fully saturated rings. The molecular formula is C20H20N2O2. The predicted octanol–water partition coefficient (Wildman–Crippen LogP) is 4.37. The van der Waals surface area contributed by atoms with Crippen molar-refractivity contribution in [1.82, 2.24) is 4.98 Å². The van der Waals surface area contributed by atoms with Crippen LogP contribution in [0.15, 0.2) is 48.5 Å². The van der Waals surface area contributed by atoms with Crippen molar-refractivity contribution < 1.29 is 9.53 Å². The number of hydrogen-bond donors (Lipinski definition) is 1. The van der Waals surface area contributed by atoms with Gasteiger partial charge in [0.05, 0.1) is 23.9 Å². The number of pyridine rings is 1. The van der Waals surface area contributed by atoms with Gasteiger partial charge in [0.1, 0.15) is 5.75 Å². The summed E-state index contributed by atoms with van der Waals surface area (Å²) in [6.07, 6.45) is 0.978. The van der Waals surface area contributed by atoms with Crippen LogP contribution >= 0.6 is 0 Å². The Balaban J connectivity index is 1.89. The molecule has 122 valence electrons. The van der Waals surface area contributed by atoms with Gasteiger partial charge in [-0.15, -0.1) is 0 Å². The summed E-state index contributed by atoms with van der Waals surface area (Å²) in [5.41, 5.74) is 4.11. The molecule has 0 bridgehead atoms. The number of carbonyl (C=O) groups is 1. The number of amides is 1. The van der Waals surface area contributed by atoms with Gasteiger partial charge in [0.25, 0.3) is 5.91 Å². The number of aryl methyl sites for hydroxylation is 2. The van der Waals surface area contributed by atoms with Gasteiger partial charge in [-0.3, -0.25) is 9.78 Å². The second-order valence-electron chi connectivity index (χ2n) is 5.68. The number of aromatic nitrogens is 1. The van der Waals surface area contributed by atoms with E-state index in [-0.39, 0.29) is 5.91 Å². The smallest absolute Gasteiger partial charge is 0.257 e. The lowest BCUT2D eigenvalue weighted by Crippen LogP contribution is -2.14. The molecule has 0 aliphatic carbocycles. The molecule has 1 aromatic heterocycles. The molecule has 0 radical (unpaired) electrons. The summed E-state index contributed by atoms with van der Waals surface area (Å²) in [6.45, 7) is 3.95. The number of anilines is 1. The van der Waals surface area contributed by atoms with Gasteiger partial charge in [0.15, 0.2) is 0 Å². The van der Waals surface area contributed by atoms with Crippen molar-refractivity contribution in [3.8, 4) is 5.75 Å². The van der Waals surface area contributed by atoms with Gasteiger partial charge in [-0.25, -0.2) is 0 Å². The lowest BCUT2D eigenvalue weighted by atomic mass is 10.1. The standard InChI is InChI=1S/C20H20N2O2/c1-4-14-5-8-16(9-6-14)22-20(23)18-11-15-7-10-17(24-3)12-19(15)21-13(18)2/h5-12H,4H2,1-3H3,(H,22,23). The highest BCUT2D eigenvalue weighted by molar-refractivity contribution is 6.06. The Labute approximate surface area is 141 Å². The molecule has 4 heteroatoms. The van der Waals surface area contributed by atoms with Crippen LogP contribution in [0, 0.1) is 6.92 Å². The summed E-state index contributed by atoms with van der Waals surface area (Å²) >= 11 is 0. The molecular weight excluding hydrogens is 300 g/mol. The quantitative estimate of drug-likeness (QED) is 0.777. The maximum Gasteiger partial charge on any atom is 0.257 e. The van der Waals surface area contributed by atoms with Crippen LogP contribution in [-0.2, 0) is 6.42 Å². The third kappa shape index (κ3) is 3.23. The molecule has 1 heterocycles. The minimum atomic E-state index is -0.151. The third-order valence-corrected chi connectivity index (χ3v) is 4.08. The van der Waals surface area contributed by atoms with Gasteiger partial charge < -0.3 is 10.1 Å². The summed E-state index contributed by atoms with van der Waals surface area (Å²) in [7, 11) is 1.62. The van der Waals surface area contributed by atoms with E-state index in [1.807, 2.05) is 55.5 Å². The molecule has 0 saturated heterocycles. The first kappa shape index (κ1) is 16.0. The highest BCUT2D eigenvalue weighted by Crippen LogP contribution is 2.22. The topological polar surface area (TPSA) is 51.2 Å². The van der Waals surface area contributed by atoms with E-state index in [1.165, 1.54) is 5.56 Å². The summed E-state index contributed by atoms with van der Waals surface area (Å²) in [5.74, 6) is 0.601. The van der Waals surface area contributed by atoms with Crippen LogP contribution in [0.2, 0.25) is 0 Å². The number of carbonyl (C=O) groups excluding carboxylic acids is 1. The van der Waals surface area contributed by atoms with E-state index < -0.39 is 0 Å². The molecule has 0 atom stereocenters. The van der Waals surface area contributed by atoms with Gasteiger partial charge in [-0.1, -0.05) is 19.1 Å². The Morgan fingerprint density at radius 3 is 2.54 bits per heavy atom. The second-order valence-corrected chi connectivity index (χ2v) is 5.68. The summed E-state index contributed by atoms with van der Waals surface area (Å²) in [4.78, 5) is 17.1. The van der Waals surface area contributed by atoms with Crippen LogP contribution in [0.1, 0.15) is 28.5 Å². The van der Waals surface area contributed by atoms with E-state index in [0.717, 1.165) is 28.8 Å². The van der Waals surface area contributed by atoms with Crippen LogP contribution in [-0.4, -0.2) is 18.0 Å². The fraction of sp³-hybridized carbons (Fsp3) is 0.200. The van der Waals surface area contributed by atoms with E-state index in [2.05, 4.69) is 17.2 Å². The van der Waals surface area contributed by atoms with E-state index >= 15 is 0 Å². The zero-order chi connectivity index (χ0) is 17.1. The highest BCUT2D eigenvalue weighted by atomic mass is 16.5. The number of fused-ring (bicyclic) bond motifs is 1. The van der Waals surface area contributed by atoms with Crippen molar-refractivity contribution in [3.63, 3.8) is 0 Å². The Morgan fingerprint density at radius 2 is 1.88 bits per heavy atom. The number of nitrogens with one attached hydrogen (secondary N) is 1. The molecule has 4 nitrogen and oxygen atoms in total. The summed E-state index contributed by atoms with van der Waals surface area (Å²) in [5, 5.41) is 3.84. The monoisotopic (exact) mass is 320 g/mol. The summed E-state index contributed by atoms with van der Waals surface area (Å²) < 4.78 is 5.22. The average molecular weight is 320 g/mol. The summed E-state index contributed by atoms with van der Waals surface area (Å²) in [6, 6.07) is 15.4. The largest absolute Gasteiger partial charge is 0.497 e. The molecule has 24 heavy (non-hydrogen) atoms. The normalized spacial score (nSPS) is 10.6. The molecule has 2 aromatic carbocycles. The Bertz CT molecular complexity index is 886. The van der Waals surface area contributed by atoms with Gasteiger partial charge in [0, 0.05) is 17.1 Å². The lowest BCUT2D eigenvalue weighted by Gasteiger charge is -2.10. The molecule has 1 amide bonds. The van der Waals surface area contributed by atoms with Crippen LogP contribution in [0.5, 0.6) is 5.75 Å². The van der Waals surface area contributed by atoms with Gasteiger partial charge >= 0.3 is 0 Å². The molecule has 3 aromatic rings. The maximum absolute atomic E-state index is 12.6. The predicted molar refractivity (Wildman–Crippen MR) is 96.8 cm³/mol. The molecule has 3 rings (SSSR count). The minimum absolute atomic E-state index is 0.151. The number of nitrogens with zero attached hydrogens (tertiary/aromatic N) is 1. The zero-order valence-electron chi connectivity index (χ0n) is 14.1. The zero-order valence-corrected chi connectivity index (χ0v) is 14.1. The lowest BCUT2D eigenvalue weighted by molar-refractivity contribution is 0.102. The van der Waals surface area contributed by atoms with E-state index in [9.17, 15) is 4.79 Å². The fourth-order valence-electron chi connectivity index (χ4n) is 2.62. The number of hydrogen-bond acceptors (Lipinski definition) is 3. The second kappa shape index (κ2) is 6.71. The molecule has 1 N–H and O–H groups in total. The Morgan fingerprint density at radius 1 is 1.12 bits per heavy atom. The first-order valence-corrected chi connectivity index (χ1v) is 7.96. The van der Waals surface area contributed by atoms with Crippen molar-refractivity contribution in [2.45, 2.75) is 20.3 Å². The first-order valence-electron chi connectivity index (χ1n) is 7.96. The molecule has 0 spiro atoms. The Kier molecular flexibility index (Phi) is 4.47. The Hall–Kier alpha value is -2.88. The molecule has 0 aliphatic heterocycles. The van der Waals surface area contributed by atoms with Crippen molar-refractivity contribution >= 4 is 22.5 Å². The number of rotatable bonds is 4. The molecule has 0 unspecified atom stereocenters. The van der Waals surface area contributed by atoms with Crippen molar-refractivity contribution in [2.24, 2.45) is 0 Å². The third-order valence-electron chi connectivity index (χ3n) is 4.08. The number of ether oxygens (including phenoxy) is 1. The average Bonchev–Trinajstić information content (AvgIpc) is 2.61. The van der Waals surface area contributed by atoms with Crippen molar-refractivity contribution in [1.29, 1.82) is 0 Å². The highest BCUT2D eigenvalue weighted by Gasteiger charge is 2.12. The van der Waals surface area contributed by atoms with Crippen molar-refractivity contribution in [3.05, 3.63) is 65.4 Å². The van der Waals surface area contributed by atoms with Gasteiger partial charge in [-0.05, 0) is 49.2 Å². The van der Waals surface area contributed by atoms with Gasteiger partial charge in [-0.2, -0.15) is 0 Å². The van der Waals surface area contributed by atoms with Crippen LogP contribution in [0.25, 0.3) is 10.9 Å². The molecule has 0 aliphatic rings. The minimum Gasteiger partial charge on any atom is -0.497 e. The van der Waals surface area contributed by atoms with Crippen LogP contribution in [0.4, 0.5) is 5.69 Å². The van der Waals surface area contributed by atoms with E-state index in [1.54, 1.807) is 7.11 Å². The SMILES string of the molecule is CCc1ccc(NC(=O)c2cc3ccc(OC)cc3nc2C)cc1. The first-order chi connectivity index (χ1) is 11.6. The van der Waals surface area contributed by atoms with Gasteiger partial charge in [0.2, 0.25) is 0 Å². The van der Waals surface area contributed by atoms with E-state index in [4.69, 9.17) is 4.74 Å². The number of methoxy groups -OCH3 is 1. The fourth-order valence-corrected chi connectivity index (χ4v) is 2.62. The number of benzene rings is 2. The molecule has 0 saturated carbocycles. The van der Waals surface area contributed by atoms with E-state index in [0.29, 0.717) is 11.3 Å². The van der Waals surface area contributed by atoms with Crippen LogP contribution < -0.4 is 10.1 Å².